The SMILES string of the molecule is CCCCCCCCNC1CC(c2cccc(Cl)c2)C1. The van der Waals surface area contributed by atoms with Gasteiger partial charge >= 0.3 is 0 Å². The van der Waals surface area contributed by atoms with Gasteiger partial charge in [-0.15, -0.1) is 0 Å². The Labute approximate surface area is 129 Å². The molecule has 1 nitrogen and oxygen atoms in total. The summed E-state index contributed by atoms with van der Waals surface area (Å²) in [7, 11) is 0. The maximum atomic E-state index is 6.05. The molecule has 0 unspecified atom stereocenters. The van der Waals surface area contributed by atoms with E-state index in [0.29, 0.717) is 0 Å². The molecule has 1 N–H and O–H groups in total. The summed E-state index contributed by atoms with van der Waals surface area (Å²) in [6.07, 6.45) is 10.8. The van der Waals surface area contributed by atoms with Crippen LogP contribution < -0.4 is 5.32 Å². The molecule has 0 amide bonds. The second-order valence-corrected chi connectivity index (χ2v) is 6.58. The van der Waals surface area contributed by atoms with Crippen molar-refractivity contribution in [1.29, 1.82) is 0 Å². The second-order valence-electron chi connectivity index (χ2n) is 6.14. The molecule has 1 aliphatic rings. The third-order valence-corrected chi connectivity index (χ3v) is 4.66. The monoisotopic (exact) mass is 293 g/mol. The van der Waals surface area contributed by atoms with Crippen LogP contribution >= 0.6 is 11.6 Å². The van der Waals surface area contributed by atoms with Crippen molar-refractivity contribution in [2.45, 2.75) is 70.3 Å². The van der Waals surface area contributed by atoms with Gasteiger partial charge in [0.2, 0.25) is 0 Å². The molecular weight excluding hydrogens is 266 g/mol. The van der Waals surface area contributed by atoms with E-state index in [1.807, 2.05) is 6.07 Å². The van der Waals surface area contributed by atoms with Crippen molar-refractivity contribution >= 4 is 11.6 Å². The predicted molar refractivity (Wildman–Crippen MR) is 88.6 cm³/mol. The highest BCUT2D eigenvalue weighted by Crippen LogP contribution is 2.37. The number of hydrogen-bond donors (Lipinski definition) is 1. The summed E-state index contributed by atoms with van der Waals surface area (Å²) in [5, 5.41) is 4.56. The minimum Gasteiger partial charge on any atom is -0.314 e. The quantitative estimate of drug-likeness (QED) is 0.590. The lowest BCUT2D eigenvalue weighted by Gasteiger charge is -2.36. The van der Waals surface area contributed by atoms with Crippen LogP contribution in [0.2, 0.25) is 5.02 Å². The van der Waals surface area contributed by atoms with Gasteiger partial charge in [0.1, 0.15) is 0 Å². The zero-order chi connectivity index (χ0) is 14.2. The first-order valence-corrected chi connectivity index (χ1v) is 8.66. The molecule has 112 valence electrons. The summed E-state index contributed by atoms with van der Waals surface area (Å²) >= 11 is 6.05. The first-order valence-electron chi connectivity index (χ1n) is 8.28. The Hall–Kier alpha value is -0.530. The molecule has 0 saturated heterocycles. The molecule has 0 aliphatic heterocycles. The Morgan fingerprint density at radius 1 is 1.10 bits per heavy atom. The molecule has 0 spiro atoms. The fraction of sp³-hybridized carbons (Fsp3) is 0.667. The minimum atomic E-state index is 0.718. The molecule has 20 heavy (non-hydrogen) atoms. The van der Waals surface area contributed by atoms with Crippen LogP contribution in [0.3, 0.4) is 0 Å². The lowest BCUT2D eigenvalue weighted by atomic mass is 9.76. The van der Waals surface area contributed by atoms with E-state index in [2.05, 4.69) is 30.4 Å². The normalized spacial score (nSPS) is 21.7. The summed E-state index contributed by atoms with van der Waals surface area (Å²) in [6, 6.07) is 9.08. The van der Waals surface area contributed by atoms with E-state index in [1.165, 1.54) is 63.5 Å². The smallest absolute Gasteiger partial charge is 0.0408 e. The zero-order valence-electron chi connectivity index (χ0n) is 12.7. The first kappa shape index (κ1) is 15.9. The molecule has 2 rings (SSSR count). The van der Waals surface area contributed by atoms with E-state index < -0.39 is 0 Å². The van der Waals surface area contributed by atoms with Gasteiger partial charge in [-0.3, -0.25) is 0 Å². The number of halogens is 1. The highest BCUT2D eigenvalue weighted by Gasteiger charge is 2.29. The van der Waals surface area contributed by atoms with Crippen LogP contribution in [0.15, 0.2) is 24.3 Å². The summed E-state index contributed by atoms with van der Waals surface area (Å²) in [4.78, 5) is 0. The molecule has 0 atom stereocenters. The standard InChI is InChI=1S/C18H28ClN/c1-2-3-4-5-6-7-11-20-18-13-16(14-18)15-9-8-10-17(19)12-15/h8-10,12,16,18,20H,2-7,11,13-14H2,1H3. The third kappa shape index (κ3) is 5.10. The van der Waals surface area contributed by atoms with E-state index >= 15 is 0 Å². The predicted octanol–water partition coefficient (Wildman–Crippen LogP) is 5.54. The van der Waals surface area contributed by atoms with Crippen molar-refractivity contribution in [3.05, 3.63) is 34.9 Å². The van der Waals surface area contributed by atoms with Crippen molar-refractivity contribution in [2.75, 3.05) is 6.54 Å². The van der Waals surface area contributed by atoms with Crippen molar-refractivity contribution in [3.63, 3.8) is 0 Å². The van der Waals surface area contributed by atoms with Crippen molar-refractivity contribution in [3.8, 4) is 0 Å². The molecule has 1 aromatic rings. The Bertz CT molecular complexity index is 385. The van der Waals surface area contributed by atoms with Crippen molar-refractivity contribution in [2.24, 2.45) is 0 Å². The lowest BCUT2D eigenvalue weighted by Crippen LogP contribution is -2.40. The highest BCUT2D eigenvalue weighted by atomic mass is 35.5. The number of benzene rings is 1. The molecule has 2 heteroatoms. The van der Waals surface area contributed by atoms with Gasteiger partial charge in [-0.2, -0.15) is 0 Å². The van der Waals surface area contributed by atoms with E-state index in [9.17, 15) is 0 Å². The van der Waals surface area contributed by atoms with Crippen molar-refractivity contribution in [1.82, 2.24) is 5.32 Å². The first-order chi connectivity index (χ1) is 9.79. The summed E-state index contributed by atoms with van der Waals surface area (Å²) < 4.78 is 0. The molecular formula is C18H28ClN. The van der Waals surface area contributed by atoms with Gasteiger partial charge in [0.15, 0.2) is 0 Å². The number of hydrogen-bond acceptors (Lipinski definition) is 1. The second kappa shape index (κ2) is 8.69. The number of rotatable bonds is 9. The molecule has 0 aromatic heterocycles. The van der Waals surface area contributed by atoms with Crippen LogP contribution in [0.1, 0.15) is 69.8 Å². The van der Waals surface area contributed by atoms with Crippen LogP contribution in [-0.2, 0) is 0 Å². The summed E-state index contributed by atoms with van der Waals surface area (Å²) in [5.41, 5.74) is 1.41. The highest BCUT2D eigenvalue weighted by molar-refractivity contribution is 6.30. The minimum absolute atomic E-state index is 0.718. The maximum absolute atomic E-state index is 6.05. The summed E-state index contributed by atoms with van der Waals surface area (Å²) in [6.45, 7) is 3.47. The number of unbranched alkanes of at least 4 members (excludes halogenated alkanes) is 5. The van der Waals surface area contributed by atoms with Crippen molar-refractivity contribution < 1.29 is 0 Å². The van der Waals surface area contributed by atoms with Gasteiger partial charge in [0.05, 0.1) is 0 Å². The molecule has 1 aliphatic carbocycles. The lowest BCUT2D eigenvalue weighted by molar-refractivity contribution is 0.289. The van der Waals surface area contributed by atoms with Gasteiger partial charge in [-0.05, 0) is 49.4 Å². The van der Waals surface area contributed by atoms with E-state index in [1.54, 1.807) is 0 Å². The van der Waals surface area contributed by atoms with Crippen LogP contribution in [-0.4, -0.2) is 12.6 Å². The Morgan fingerprint density at radius 2 is 1.85 bits per heavy atom. The Balaban J connectivity index is 1.52. The maximum Gasteiger partial charge on any atom is 0.0408 e. The molecule has 1 fully saturated rings. The fourth-order valence-electron chi connectivity index (χ4n) is 3.03. The topological polar surface area (TPSA) is 12.0 Å². The van der Waals surface area contributed by atoms with Gasteiger partial charge in [0.25, 0.3) is 0 Å². The average molecular weight is 294 g/mol. The Morgan fingerprint density at radius 3 is 2.60 bits per heavy atom. The molecule has 0 radical (unpaired) electrons. The fourth-order valence-corrected chi connectivity index (χ4v) is 3.23. The van der Waals surface area contributed by atoms with Crippen LogP contribution in [0.25, 0.3) is 0 Å². The number of nitrogens with one attached hydrogen (secondary N) is 1. The van der Waals surface area contributed by atoms with E-state index in [-0.39, 0.29) is 0 Å². The van der Waals surface area contributed by atoms with Crippen LogP contribution in [0.4, 0.5) is 0 Å². The van der Waals surface area contributed by atoms with Gasteiger partial charge < -0.3 is 5.32 Å². The van der Waals surface area contributed by atoms with Gasteiger partial charge in [-0.25, -0.2) is 0 Å². The van der Waals surface area contributed by atoms with E-state index in [0.717, 1.165) is 17.0 Å². The molecule has 0 bridgehead atoms. The van der Waals surface area contributed by atoms with Crippen LogP contribution in [0, 0.1) is 0 Å². The molecule has 1 saturated carbocycles. The molecule has 0 heterocycles. The molecule has 1 aromatic carbocycles. The van der Waals surface area contributed by atoms with Gasteiger partial charge in [0, 0.05) is 11.1 Å². The third-order valence-electron chi connectivity index (χ3n) is 4.42. The summed E-state index contributed by atoms with van der Waals surface area (Å²) in [5.74, 6) is 0.718. The average Bonchev–Trinajstić information content (AvgIpc) is 2.39. The largest absolute Gasteiger partial charge is 0.314 e. The van der Waals surface area contributed by atoms with Crippen LogP contribution in [0.5, 0.6) is 0 Å². The van der Waals surface area contributed by atoms with Gasteiger partial charge in [-0.1, -0.05) is 62.8 Å². The van der Waals surface area contributed by atoms with E-state index in [4.69, 9.17) is 11.6 Å². The zero-order valence-corrected chi connectivity index (χ0v) is 13.5. The Kier molecular flexibility index (Phi) is 6.89.